The SMILES string of the molecule is CCOC(=O)C1CCN(c2nc(NCc3ccc(OC)c(Cl)c3)c3cc(C#N)ccc3n2)CC1. The summed E-state index contributed by atoms with van der Waals surface area (Å²) in [6.07, 6.45) is 1.39. The average molecular weight is 480 g/mol. The molecule has 3 aromatic rings. The number of esters is 1. The number of nitrogens with one attached hydrogen (secondary N) is 1. The van der Waals surface area contributed by atoms with Crippen molar-refractivity contribution < 1.29 is 14.3 Å². The molecule has 1 saturated heterocycles. The number of methoxy groups -OCH3 is 1. The zero-order valence-corrected chi connectivity index (χ0v) is 19.9. The maximum Gasteiger partial charge on any atom is 0.309 e. The van der Waals surface area contributed by atoms with Crippen molar-refractivity contribution in [1.29, 1.82) is 5.26 Å². The van der Waals surface area contributed by atoms with Crippen LogP contribution in [0.25, 0.3) is 10.9 Å². The highest BCUT2D eigenvalue weighted by atomic mass is 35.5. The highest BCUT2D eigenvalue weighted by molar-refractivity contribution is 6.32. The van der Waals surface area contributed by atoms with Crippen molar-refractivity contribution in [3.63, 3.8) is 0 Å². The largest absolute Gasteiger partial charge is 0.495 e. The smallest absolute Gasteiger partial charge is 0.309 e. The fourth-order valence-corrected chi connectivity index (χ4v) is 4.32. The van der Waals surface area contributed by atoms with Gasteiger partial charge in [-0.3, -0.25) is 4.79 Å². The Morgan fingerprint density at radius 2 is 2.03 bits per heavy atom. The molecule has 1 fully saturated rings. The summed E-state index contributed by atoms with van der Waals surface area (Å²) in [4.78, 5) is 23.7. The summed E-state index contributed by atoms with van der Waals surface area (Å²) in [5, 5.41) is 14.0. The van der Waals surface area contributed by atoms with Gasteiger partial charge < -0.3 is 19.7 Å². The fourth-order valence-electron chi connectivity index (χ4n) is 4.04. The molecule has 0 unspecified atom stereocenters. The molecule has 1 N–H and O–H groups in total. The van der Waals surface area contributed by atoms with Gasteiger partial charge in [0.15, 0.2) is 0 Å². The first-order chi connectivity index (χ1) is 16.5. The Balaban J connectivity index is 1.59. The Hall–Kier alpha value is -3.57. The van der Waals surface area contributed by atoms with Crippen LogP contribution in [-0.4, -0.2) is 42.7 Å². The molecule has 1 aliphatic heterocycles. The van der Waals surface area contributed by atoms with Crippen LogP contribution < -0.4 is 15.0 Å². The minimum Gasteiger partial charge on any atom is -0.495 e. The van der Waals surface area contributed by atoms with E-state index >= 15 is 0 Å². The van der Waals surface area contributed by atoms with Gasteiger partial charge in [0.1, 0.15) is 11.6 Å². The monoisotopic (exact) mass is 479 g/mol. The summed E-state index contributed by atoms with van der Waals surface area (Å²) in [6.45, 7) is 4.03. The Morgan fingerprint density at radius 1 is 1.24 bits per heavy atom. The van der Waals surface area contributed by atoms with Gasteiger partial charge in [0.05, 0.1) is 41.8 Å². The van der Waals surface area contributed by atoms with Gasteiger partial charge in [0, 0.05) is 25.0 Å². The number of nitrogens with zero attached hydrogens (tertiary/aromatic N) is 4. The molecule has 0 radical (unpaired) electrons. The third-order valence-electron chi connectivity index (χ3n) is 5.89. The summed E-state index contributed by atoms with van der Waals surface area (Å²) in [5.41, 5.74) is 2.24. The molecule has 34 heavy (non-hydrogen) atoms. The highest BCUT2D eigenvalue weighted by Crippen LogP contribution is 2.29. The molecular formula is C25H26ClN5O3. The van der Waals surface area contributed by atoms with Gasteiger partial charge >= 0.3 is 5.97 Å². The van der Waals surface area contributed by atoms with Gasteiger partial charge in [-0.25, -0.2) is 4.98 Å². The lowest BCUT2D eigenvalue weighted by molar-refractivity contribution is -0.148. The molecule has 8 nitrogen and oxygen atoms in total. The molecule has 2 heterocycles. The van der Waals surface area contributed by atoms with E-state index in [0.717, 1.165) is 16.5 Å². The molecule has 0 saturated carbocycles. The molecule has 0 bridgehead atoms. The van der Waals surface area contributed by atoms with Crippen molar-refractivity contribution in [2.45, 2.75) is 26.3 Å². The van der Waals surface area contributed by atoms with Gasteiger partial charge in [-0.1, -0.05) is 17.7 Å². The molecule has 1 aliphatic rings. The van der Waals surface area contributed by atoms with E-state index in [1.165, 1.54) is 0 Å². The summed E-state index contributed by atoms with van der Waals surface area (Å²) >= 11 is 6.27. The lowest BCUT2D eigenvalue weighted by Crippen LogP contribution is -2.38. The fraction of sp³-hybridized carbons (Fsp3) is 0.360. The number of benzene rings is 2. The summed E-state index contributed by atoms with van der Waals surface area (Å²) in [6, 6.07) is 13.1. The number of nitriles is 1. The number of ether oxygens (including phenoxy) is 2. The Morgan fingerprint density at radius 3 is 2.71 bits per heavy atom. The van der Waals surface area contributed by atoms with Crippen molar-refractivity contribution in [3.05, 3.63) is 52.5 Å². The van der Waals surface area contributed by atoms with Crippen LogP contribution in [0, 0.1) is 17.2 Å². The number of halogens is 1. The van der Waals surface area contributed by atoms with Crippen molar-refractivity contribution in [3.8, 4) is 11.8 Å². The third kappa shape index (κ3) is 5.15. The summed E-state index contributed by atoms with van der Waals surface area (Å²) in [7, 11) is 1.58. The molecule has 0 amide bonds. The number of carbonyl (C=O) groups is 1. The predicted molar refractivity (Wildman–Crippen MR) is 131 cm³/mol. The Kier molecular flexibility index (Phi) is 7.33. The number of hydrogen-bond acceptors (Lipinski definition) is 8. The standard InChI is InChI=1S/C25H26ClN5O3/c1-3-34-24(32)18-8-10-31(11-9-18)25-29-21-6-4-16(14-27)12-19(21)23(30-25)28-15-17-5-7-22(33-2)20(26)13-17/h4-7,12-13,18H,3,8-11,15H2,1-2H3,(H,28,29,30). The van der Waals surface area contributed by atoms with Crippen LogP contribution in [0.4, 0.5) is 11.8 Å². The first-order valence-corrected chi connectivity index (χ1v) is 11.6. The predicted octanol–water partition coefficient (Wildman–Crippen LogP) is 4.56. The zero-order chi connectivity index (χ0) is 24.1. The van der Waals surface area contributed by atoms with Crippen molar-refractivity contribution in [2.24, 2.45) is 5.92 Å². The second kappa shape index (κ2) is 10.6. The van der Waals surface area contributed by atoms with Gasteiger partial charge in [-0.05, 0) is 55.7 Å². The number of aromatic nitrogens is 2. The van der Waals surface area contributed by atoms with E-state index in [4.69, 9.17) is 31.0 Å². The molecule has 4 rings (SSSR count). The highest BCUT2D eigenvalue weighted by Gasteiger charge is 2.27. The summed E-state index contributed by atoms with van der Waals surface area (Å²) < 4.78 is 10.4. The minimum atomic E-state index is -0.133. The third-order valence-corrected chi connectivity index (χ3v) is 6.18. The zero-order valence-electron chi connectivity index (χ0n) is 19.2. The molecular weight excluding hydrogens is 454 g/mol. The van der Waals surface area contributed by atoms with E-state index in [2.05, 4.69) is 16.3 Å². The molecule has 0 atom stereocenters. The van der Waals surface area contributed by atoms with Crippen molar-refractivity contribution in [2.75, 3.05) is 37.0 Å². The van der Waals surface area contributed by atoms with E-state index in [1.807, 2.05) is 31.2 Å². The molecule has 2 aromatic carbocycles. The quantitative estimate of drug-likeness (QED) is 0.492. The van der Waals surface area contributed by atoms with E-state index in [9.17, 15) is 10.1 Å². The van der Waals surface area contributed by atoms with Crippen LogP contribution in [-0.2, 0) is 16.1 Å². The van der Waals surface area contributed by atoms with Crippen LogP contribution in [0.3, 0.4) is 0 Å². The number of hydrogen-bond donors (Lipinski definition) is 1. The van der Waals surface area contributed by atoms with Crippen LogP contribution >= 0.6 is 11.6 Å². The first kappa shape index (κ1) is 23.6. The lowest BCUT2D eigenvalue weighted by Gasteiger charge is -2.31. The number of piperidine rings is 1. The van der Waals surface area contributed by atoms with E-state index in [-0.39, 0.29) is 11.9 Å². The van der Waals surface area contributed by atoms with Crippen LogP contribution in [0.2, 0.25) is 5.02 Å². The topological polar surface area (TPSA) is 100 Å². The van der Waals surface area contributed by atoms with Gasteiger partial charge in [0.2, 0.25) is 5.95 Å². The van der Waals surface area contributed by atoms with Crippen LogP contribution in [0.15, 0.2) is 36.4 Å². The minimum absolute atomic E-state index is 0.0905. The number of anilines is 2. The van der Waals surface area contributed by atoms with Gasteiger partial charge in [-0.15, -0.1) is 0 Å². The number of fused-ring (bicyclic) bond motifs is 1. The van der Waals surface area contributed by atoms with E-state index in [0.29, 0.717) is 67.2 Å². The summed E-state index contributed by atoms with van der Waals surface area (Å²) in [5.74, 6) is 1.62. The molecule has 1 aromatic heterocycles. The maximum absolute atomic E-state index is 12.1. The molecule has 0 aliphatic carbocycles. The number of carbonyl (C=O) groups excluding carboxylic acids is 1. The van der Waals surface area contributed by atoms with Crippen LogP contribution in [0.5, 0.6) is 5.75 Å². The molecule has 0 spiro atoms. The van der Waals surface area contributed by atoms with E-state index in [1.54, 1.807) is 19.2 Å². The van der Waals surface area contributed by atoms with Gasteiger partial charge in [-0.2, -0.15) is 10.2 Å². The Bertz CT molecular complexity index is 1240. The molecule has 9 heteroatoms. The van der Waals surface area contributed by atoms with Crippen molar-refractivity contribution >= 4 is 40.2 Å². The van der Waals surface area contributed by atoms with Gasteiger partial charge in [0.25, 0.3) is 0 Å². The molecule has 176 valence electrons. The van der Waals surface area contributed by atoms with E-state index < -0.39 is 0 Å². The Labute approximate surface area is 203 Å². The number of rotatable bonds is 7. The van der Waals surface area contributed by atoms with Crippen LogP contribution in [0.1, 0.15) is 30.9 Å². The second-order valence-electron chi connectivity index (χ2n) is 8.05. The average Bonchev–Trinajstić information content (AvgIpc) is 2.87. The van der Waals surface area contributed by atoms with Crippen molar-refractivity contribution in [1.82, 2.24) is 9.97 Å². The second-order valence-corrected chi connectivity index (χ2v) is 8.46. The first-order valence-electron chi connectivity index (χ1n) is 11.2. The normalized spacial score (nSPS) is 14.0. The lowest BCUT2D eigenvalue weighted by atomic mass is 9.97. The maximum atomic E-state index is 12.1.